The van der Waals surface area contributed by atoms with Crippen molar-refractivity contribution in [2.45, 2.75) is 26.8 Å². The van der Waals surface area contributed by atoms with Crippen molar-refractivity contribution in [2.75, 3.05) is 7.11 Å². The van der Waals surface area contributed by atoms with E-state index < -0.39 is 0 Å². The highest BCUT2D eigenvalue weighted by Crippen LogP contribution is 2.29. The van der Waals surface area contributed by atoms with Gasteiger partial charge in [-0.15, -0.1) is 11.3 Å². The molecule has 0 aliphatic rings. The second-order valence-electron chi connectivity index (χ2n) is 5.03. The quantitative estimate of drug-likeness (QED) is 0.689. The van der Waals surface area contributed by atoms with Crippen LogP contribution in [0.4, 0.5) is 0 Å². The molecule has 5 nitrogen and oxygen atoms in total. The zero-order valence-electron chi connectivity index (χ0n) is 12.8. The van der Waals surface area contributed by atoms with E-state index in [4.69, 9.17) is 9.72 Å². The topological polar surface area (TPSA) is 57.0 Å². The van der Waals surface area contributed by atoms with E-state index in [1.807, 2.05) is 29.1 Å². The van der Waals surface area contributed by atoms with Gasteiger partial charge in [0.15, 0.2) is 5.65 Å². The molecule has 114 valence electrons. The number of esters is 1. The van der Waals surface area contributed by atoms with Gasteiger partial charge >= 0.3 is 5.97 Å². The third-order valence-corrected chi connectivity index (χ3v) is 4.38. The minimum atomic E-state index is -0.357. The van der Waals surface area contributed by atoms with Gasteiger partial charge in [-0.25, -0.2) is 14.5 Å². The van der Waals surface area contributed by atoms with Gasteiger partial charge < -0.3 is 4.74 Å². The molecular weight excluding hydrogens is 298 g/mol. The zero-order valence-corrected chi connectivity index (χ0v) is 13.6. The summed E-state index contributed by atoms with van der Waals surface area (Å²) in [6, 6.07) is 5.76. The van der Waals surface area contributed by atoms with Crippen molar-refractivity contribution in [2.24, 2.45) is 0 Å². The maximum atomic E-state index is 12.2. The third kappa shape index (κ3) is 2.39. The lowest BCUT2D eigenvalue weighted by molar-refractivity contribution is 0.0603. The molecule has 0 aliphatic carbocycles. The number of hydrogen-bond donors (Lipinski definition) is 0. The van der Waals surface area contributed by atoms with Crippen molar-refractivity contribution in [3.63, 3.8) is 0 Å². The van der Waals surface area contributed by atoms with Crippen LogP contribution in [0.2, 0.25) is 0 Å². The number of rotatable bonds is 4. The van der Waals surface area contributed by atoms with Crippen LogP contribution in [-0.2, 0) is 11.3 Å². The predicted octanol–water partition coefficient (Wildman–Crippen LogP) is 3.66. The zero-order chi connectivity index (χ0) is 15.7. The van der Waals surface area contributed by atoms with Crippen LogP contribution in [-0.4, -0.2) is 27.8 Å². The van der Waals surface area contributed by atoms with Crippen LogP contribution in [0.25, 0.3) is 21.6 Å². The number of pyridine rings is 1. The lowest BCUT2D eigenvalue weighted by Gasteiger charge is -2.06. The van der Waals surface area contributed by atoms with Gasteiger partial charge in [0.05, 0.1) is 34.3 Å². The van der Waals surface area contributed by atoms with Crippen molar-refractivity contribution in [3.05, 3.63) is 34.8 Å². The largest absolute Gasteiger partial charge is 0.465 e. The van der Waals surface area contributed by atoms with Crippen molar-refractivity contribution in [1.82, 2.24) is 14.8 Å². The Balaban J connectivity index is 2.32. The first-order valence-electron chi connectivity index (χ1n) is 7.16. The van der Waals surface area contributed by atoms with Gasteiger partial charge in [-0.2, -0.15) is 5.10 Å². The lowest BCUT2D eigenvalue weighted by atomic mass is 10.1. The van der Waals surface area contributed by atoms with E-state index in [1.165, 1.54) is 7.11 Å². The van der Waals surface area contributed by atoms with Crippen LogP contribution in [0.3, 0.4) is 0 Å². The van der Waals surface area contributed by atoms with E-state index in [0.29, 0.717) is 5.56 Å². The standard InChI is InChI=1S/C16H17N3O2S/c1-4-7-19-15-14(10(2)18-19)11(16(20)21-3)9-12(17-15)13-6-5-8-22-13/h5-6,8-9H,4,7H2,1-3H3. The predicted molar refractivity (Wildman–Crippen MR) is 87.2 cm³/mol. The van der Waals surface area contributed by atoms with Gasteiger partial charge in [0.2, 0.25) is 0 Å². The number of hydrogen-bond acceptors (Lipinski definition) is 5. The summed E-state index contributed by atoms with van der Waals surface area (Å²) in [4.78, 5) is 17.9. The number of thiophene rings is 1. The molecule has 3 rings (SSSR count). The molecule has 0 N–H and O–H groups in total. The molecule has 3 aromatic rings. The van der Waals surface area contributed by atoms with Crippen LogP contribution >= 0.6 is 11.3 Å². The Labute approximate surface area is 132 Å². The fraction of sp³-hybridized carbons (Fsp3) is 0.312. The summed E-state index contributed by atoms with van der Waals surface area (Å²) < 4.78 is 6.81. The molecule has 0 saturated carbocycles. The second kappa shape index (κ2) is 5.88. The summed E-state index contributed by atoms with van der Waals surface area (Å²) in [5.41, 5.74) is 2.84. The number of carbonyl (C=O) groups is 1. The van der Waals surface area contributed by atoms with Crippen molar-refractivity contribution < 1.29 is 9.53 Å². The Morgan fingerprint density at radius 1 is 1.45 bits per heavy atom. The maximum Gasteiger partial charge on any atom is 0.338 e. The molecule has 0 saturated heterocycles. The minimum absolute atomic E-state index is 0.357. The summed E-state index contributed by atoms with van der Waals surface area (Å²) in [6.07, 6.45) is 0.953. The normalized spacial score (nSPS) is 11.0. The molecule has 0 atom stereocenters. The number of aromatic nitrogens is 3. The number of carbonyl (C=O) groups excluding carboxylic acids is 1. The highest BCUT2D eigenvalue weighted by atomic mass is 32.1. The van der Waals surface area contributed by atoms with Gasteiger partial charge in [0.25, 0.3) is 0 Å². The molecule has 0 amide bonds. The number of methoxy groups -OCH3 is 1. The van der Waals surface area contributed by atoms with Crippen LogP contribution in [0.5, 0.6) is 0 Å². The molecular formula is C16H17N3O2S. The SMILES string of the molecule is CCCn1nc(C)c2c(C(=O)OC)cc(-c3cccs3)nc21. The van der Waals surface area contributed by atoms with E-state index in [1.54, 1.807) is 17.4 Å². The Morgan fingerprint density at radius 3 is 2.91 bits per heavy atom. The molecule has 0 spiro atoms. The Bertz CT molecular complexity index is 822. The summed E-state index contributed by atoms with van der Waals surface area (Å²) in [5.74, 6) is -0.357. The molecule has 3 heterocycles. The molecule has 0 fully saturated rings. The Kier molecular flexibility index (Phi) is 3.94. The van der Waals surface area contributed by atoms with Gasteiger partial charge in [0, 0.05) is 6.54 Å². The minimum Gasteiger partial charge on any atom is -0.465 e. The first-order valence-corrected chi connectivity index (χ1v) is 8.04. The molecule has 0 radical (unpaired) electrons. The van der Waals surface area contributed by atoms with Gasteiger partial charge in [-0.1, -0.05) is 13.0 Å². The summed E-state index contributed by atoms with van der Waals surface area (Å²) in [6.45, 7) is 4.76. The van der Waals surface area contributed by atoms with Gasteiger partial charge in [-0.05, 0) is 30.9 Å². The van der Waals surface area contributed by atoms with Crippen LogP contribution < -0.4 is 0 Å². The van der Waals surface area contributed by atoms with Crippen molar-refractivity contribution in [3.8, 4) is 10.6 Å². The summed E-state index contributed by atoms with van der Waals surface area (Å²) in [5, 5.41) is 7.30. The third-order valence-electron chi connectivity index (χ3n) is 3.49. The first-order chi connectivity index (χ1) is 10.7. The number of ether oxygens (including phenoxy) is 1. The van der Waals surface area contributed by atoms with Crippen molar-refractivity contribution >= 4 is 28.3 Å². The van der Waals surface area contributed by atoms with E-state index in [9.17, 15) is 4.79 Å². The van der Waals surface area contributed by atoms with Gasteiger partial charge in [-0.3, -0.25) is 0 Å². The van der Waals surface area contributed by atoms with E-state index in [2.05, 4.69) is 12.0 Å². The fourth-order valence-electron chi connectivity index (χ4n) is 2.54. The maximum absolute atomic E-state index is 12.2. The molecule has 6 heteroatoms. The highest BCUT2D eigenvalue weighted by Gasteiger charge is 2.20. The monoisotopic (exact) mass is 315 g/mol. The van der Waals surface area contributed by atoms with Crippen molar-refractivity contribution in [1.29, 1.82) is 0 Å². The number of nitrogens with zero attached hydrogens (tertiary/aromatic N) is 3. The van der Waals surface area contributed by atoms with E-state index in [0.717, 1.165) is 40.3 Å². The van der Waals surface area contributed by atoms with Crippen LogP contribution in [0, 0.1) is 6.92 Å². The Morgan fingerprint density at radius 2 is 2.27 bits per heavy atom. The summed E-state index contributed by atoms with van der Waals surface area (Å²) in [7, 11) is 1.39. The molecule has 0 bridgehead atoms. The highest BCUT2D eigenvalue weighted by molar-refractivity contribution is 7.13. The first kappa shape index (κ1) is 14.7. The Hall–Kier alpha value is -2.21. The number of aryl methyl sites for hydroxylation is 2. The molecule has 0 unspecified atom stereocenters. The smallest absolute Gasteiger partial charge is 0.338 e. The molecule has 3 aromatic heterocycles. The molecule has 0 aliphatic heterocycles. The van der Waals surface area contributed by atoms with Crippen LogP contribution in [0.1, 0.15) is 29.4 Å². The second-order valence-corrected chi connectivity index (χ2v) is 5.98. The van der Waals surface area contributed by atoms with E-state index >= 15 is 0 Å². The number of fused-ring (bicyclic) bond motifs is 1. The van der Waals surface area contributed by atoms with Gasteiger partial charge in [0.1, 0.15) is 0 Å². The lowest BCUT2D eigenvalue weighted by Crippen LogP contribution is -2.05. The summed E-state index contributed by atoms with van der Waals surface area (Å²) >= 11 is 1.59. The van der Waals surface area contributed by atoms with Crippen LogP contribution in [0.15, 0.2) is 23.6 Å². The molecule has 22 heavy (non-hydrogen) atoms. The molecule has 0 aromatic carbocycles. The average molecular weight is 315 g/mol. The fourth-order valence-corrected chi connectivity index (χ4v) is 3.23. The average Bonchev–Trinajstić information content (AvgIpc) is 3.15. The van der Waals surface area contributed by atoms with E-state index in [-0.39, 0.29) is 5.97 Å².